The number of nitrogens with one attached hydrogen (secondary N) is 2. The smallest absolute Gasteiger partial charge is 0.261 e. The van der Waals surface area contributed by atoms with Crippen molar-refractivity contribution in [2.75, 3.05) is 13.7 Å². The number of carbonyl (C=O) groups is 2. The normalized spacial score (nSPS) is 15.5. The number of carbonyl (C=O) groups excluding carboxylic acids is 2. The Kier molecular flexibility index (Phi) is 6.86. The van der Waals surface area contributed by atoms with Crippen LogP contribution in [-0.2, 0) is 16.1 Å². The van der Waals surface area contributed by atoms with Gasteiger partial charge in [0.1, 0.15) is 0 Å². The van der Waals surface area contributed by atoms with Crippen LogP contribution in [0.5, 0.6) is 0 Å². The molecular weight excluding hydrogens is 300 g/mol. The van der Waals surface area contributed by atoms with Crippen molar-refractivity contribution >= 4 is 23.2 Å². The van der Waals surface area contributed by atoms with E-state index >= 15 is 0 Å². The third-order valence-electron chi connectivity index (χ3n) is 3.78. The first-order valence-electron chi connectivity index (χ1n) is 7.84. The van der Waals surface area contributed by atoms with Crippen molar-refractivity contribution in [1.82, 2.24) is 10.6 Å². The summed E-state index contributed by atoms with van der Waals surface area (Å²) in [7, 11) is 1.63. The van der Waals surface area contributed by atoms with Crippen LogP contribution in [0.15, 0.2) is 12.1 Å². The van der Waals surface area contributed by atoms with Crippen LogP contribution in [0.3, 0.4) is 0 Å². The highest BCUT2D eigenvalue weighted by Crippen LogP contribution is 2.18. The van der Waals surface area contributed by atoms with E-state index in [1.807, 2.05) is 6.07 Å². The van der Waals surface area contributed by atoms with Crippen molar-refractivity contribution in [3.63, 3.8) is 0 Å². The third-order valence-corrected chi connectivity index (χ3v) is 4.84. The van der Waals surface area contributed by atoms with E-state index in [1.165, 1.54) is 30.6 Å². The molecule has 6 heteroatoms. The zero-order valence-corrected chi connectivity index (χ0v) is 13.8. The van der Waals surface area contributed by atoms with Crippen molar-refractivity contribution in [2.24, 2.45) is 0 Å². The Morgan fingerprint density at radius 1 is 1.27 bits per heavy atom. The number of ether oxygens (including phenoxy) is 1. The summed E-state index contributed by atoms with van der Waals surface area (Å²) in [6.45, 7) is 0.886. The molecule has 22 heavy (non-hydrogen) atoms. The number of rotatable bonds is 7. The first kappa shape index (κ1) is 17.0. The average molecular weight is 324 g/mol. The van der Waals surface area contributed by atoms with Gasteiger partial charge in [0.05, 0.1) is 11.5 Å². The van der Waals surface area contributed by atoms with Crippen LogP contribution >= 0.6 is 11.3 Å². The standard InChI is InChI=1S/C16H24N2O3S/c1-21-11-13-7-8-14(22-13)16(20)17-10-9-15(19)18-12-5-3-2-4-6-12/h7-8,12H,2-6,9-11H2,1H3,(H,17,20)(H,18,19). The van der Waals surface area contributed by atoms with Gasteiger partial charge in [0.2, 0.25) is 5.91 Å². The Balaban J connectivity index is 1.66. The van der Waals surface area contributed by atoms with Gasteiger partial charge in [-0.05, 0) is 25.0 Å². The van der Waals surface area contributed by atoms with Gasteiger partial charge < -0.3 is 15.4 Å². The fraction of sp³-hybridized carbons (Fsp3) is 0.625. The van der Waals surface area contributed by atoms with Crippen LogP contribution in [-0.4, -0.2) is 31.5 Å². The van der Waals surface area contributed by atoms with E-state index < -0.39 is 0 Å². The van der Waals surface area contributed by atoms with Gasteiger partial charge in [-0.1, -0.05) is 19.3 Å². The van der Waals surface area contributed by atoms with Gasteiger partial charge in [0, 0.05) is 31.0 Å². The van der Waals surface area contributed by atoms with E-state index in [2.05, 4.69) is 10.6 Å². The molecule has 0 aromatic carbocycles. The lowest BCUT2D eigenvalue weighted by Gasteiger charge is -2.22. The largest absolute Gasteiger partial charge is 0.379 e. The molecule has 1 aromatic rings. The Morgan fingerprint density at radius 2 is 2.05 bits per heavy atom. The maximum absolute atomic E-state index is 12.0. The highest BCUT2D eigenvalue weighted by atomic mass is 32.1. The Morgan fingerprint density at radius 3 is 2.77 bits per heavy atom. The molecule has 1 aromatic heterocycles. The highest BCUT2D eigenvalue weighted by molar-refractivity contribution is 7.14. The van der Waals surface area contributed by atoms with Gasteiger partial charge in [0.25, 0.3) is 5.91 Å². The maximum Gasteiger partial charge on any atom is 0.261 e. The van der Waals surface area contributed by atoms with E-state index in [0.29, 0.717) is 30.5 Å². The fourth-order valence-electron chi connectivity index (χ4n) is 2.64. The summed E-state index contributed by atoms with van der Waals surface area (Å²) in [6, 6.07) is 4.00. The molecule has 2 N–H and O–H groups in total. The van der Waals surface area contributed by atoms with E-state index in [9.17, 15) is 9.59 Å². The molecule has 1 aliphatic carbocycles. The van der Waals surface area contributed by atoms with Crippen molar-refractivity contribution < 1.29 is 14.3 Å². The molecular formula is C16H24N2O3S. The second-order valence-electron chi connectivity index (χ2n) is 5.61. The van der Waals surface area contributed by atoms with Gasteiger partial charge >= 0.3 is 0 Å². The quantitative estimate of drug-likeness (QED) is 0.809. The molecule has 1 saturated carbocycles. The molecule has 1 heterocycles. The van der Waals surface area contributed by atoms with Gasteiger partial charge in [-0.25, -0.2) is 0 Å². The number of hydrogen-bond donors (Lipinski definition) is 2. The lowest BCUT2D eigenvalue weighted by molar-refractivity contribution is -0.121. The van der Waals surface area contributed by atoms with E-state index in [4.69, 9.17) is 4.74 Å². The van der Waals surface area contributed by atoms with Crippen molar-refractivity contribution in [1.29, 1.82) is 0 Å². The number of methoxy groups -OCH3 is 1. The summed E-state index contributed by atoms with van der Waals surface area (Å²) < 4.78 is 5.03. The minimum absolute atomic E-state index is 0.0263. The van der Waals surface area contributed by atoms with Crippen molar-refractivity contribution in [3.8, 4) is 0 Å². The molecule has 2 rings (SSSR count). The number of thiophene rings is 1. The first-order valence-corrected chi connectivity index (χ1v) is 8.66. The van der Waals surface area contributed by atoms with E-state index in [-0.39, 0.29) is 11.8 Å². The van der Waals surface area contributed by atoms with Gasteiger partial charge in [0.15, 0.2) is 0 Å². The van der Waals surface area contributed by atoms with Gasteiger partial charge in [-0.2, -0.15) is 0 Å². The summed E-state index contributed by atoms with van der Waals surface area (Å²) in [5, 5.41) is 5.84. The minimum atomic E-state index is -0.127. The maximum atomic E-state index is 12.0. The van der Waals surface area contributed by atoms with E-state index in [0.717, 1.165) is 17.7 Å². The molecule has 0 unspecified atom stereocenters. The van der Waals surface area contributed by atoms with Crippen LogP contribution in [0, 0.1) is 0 Å². The van der Waals surface area contributed by atoms with Crippen LogP contribution in [0.2, 0.25) is 0 Å². The monoisotopic (exact) mass is 324 g/mol. The second kappa shape index (κ2) is 8.90. The Bertz CT molecular complexity index is 495. The predicted molar refractivity (Wildman–Crippen MR) is 87.0 cm³/mol. The number of amides is 2. The Labute approximate surface area is 135 Å². The summed E-state index contributed by atoms with van der Waals surface area (Å²) in [6.07, 6.45) is 6.16. The molecule has 0 aliphatic heterocycles. The second-order valence-corrected chi connectivity index (χ2v) is 6.78. The molecule has 0 radical (unpaired) electrons. The average Bonchev–Trinajstić information content (AvgIpc) is 2.97. The van der Waals surface area contributed by atoms with Gasteiger partial charge in [-0.15, -0.1) is 11.3 Å². The first-order chi connectivity index (χ1) is 10.7. The highest BCUT2D eigenvalue weighted by Gasteiger charge is 2.15. The van der Waals surface area contributed by atoms with Crippen LogP contribution in [0.1, 0.15) is 53.1 Å². The van der Waals surface area contributed by atoms with Crippen molar-refractivity contribution in [3.05, 3.63) is 21.9 Å². The molecule has 122 valence electrons. The zero-order valence-electron chi connectivity index (χ0n) is 13.0. The molecule has 1 aliphatic rings. The fourth-order valence-corrected chi connectivity index (χ4v) is 3.54. The third kappa shape index (κ3) is 5.42. The summed E-state index contributed by atoms with van der Waals surface area (Å²) in [5.41, 5.74) is 0. The Hall–Kier alpha value is -1.40. The lowest BCUT2D eigenvalue weighted by atomic mass is 9.95. The van der Waals surface area contributed by atoms with Gasteiger partial charge in [-0.3, -0.25) is 9.59 Å². The molecule has 0 bridgehead atoms. The van der Waals surface area contributed by atoms with Crippen LogP contribution in [0.25, 0.3) is 0 Å². The topological polar surface area (TPSA) is 67.4 Å². The SMILES string of the molecule is COCc1ccc(C(=O)NCCC(=O)NC2CCCCC2)s1. The summed E-state index contributed by atoms with van der Waals surface area (Å²) in [4.78, 5) is 25.5. The van der Waals surface area contributed by atoms with E-state index in [1.54, 1.807) is 13.2 Å². The van der Waals surface area contributed by atoms with Crippen molar-refractivity contribution in [2.45, 2.75) is 51.2 Å². The molecule has 0 atom stereocenters. The molecule has 1 fully saturated rings. The predicted octanol–water partition coefficient (Wildman–Crippen LogP) is 2.46. The molecule has 0 saturated heterocycles. The zero-order chi connectivity index (χ0) is 15.8. The molecule has 2 amide bonds. The number of hydrogen-bond acceptors (Lipinski definition) is 4. The van der Waals surface area contributed by atoms with Crippen LogP contribution in [0.4, 0.5) is 0 Å². The summed E-state index contributed by atoms with van der Waals surface area (Å²) >= 11 is 1.42. The minimum Gasteiger partial charge on any atom is -0.379 e. The van der Waals surface area contributed by atoms with Crippen LogP contribution < -0.4 is 10.6 Å². The summed E-state index contributed by atoms with van der Waals surface area (Å²) in [5.74, 6) is -0.101. The molecule has 5 nitrogen and oxygen atoms in total. The lowest BCUT2D eigenvalue weighted by Crippen LogP contribution is -2.38. The molecule has 0 spiro atoms.